The molecule has 1 fully saturated rings. The van der Waals surface area contributed by atoms with E-state index in [1.807, 2.05) is 0 Å². The molecule has 2 N–H and O–H groups in total. The molecule has 1 aromatic rings. The van der Waals surface area contributed by atoms with Gasteiger partial charge >= 0.3 is 0 Å². The Labute approximate surface area is 113 Å². The van der Waals surface area contributed by atoms with Crippen LogP contribution in [-0.2, 0) is 9.84 Å². The zero-order valence-corrected chi connectivity index (χ0v) is 12.2. The van der Waals surface area contributed by atoms with E-state index in [0.29, 0.717) is 18.4 Å². The molecule has 0 amide bonds. The lowest BCUT2D eigenvalue weighted by Crippen LogP contribution is -2.25. The molecular weight excluding hydrogens is 266 g/mol. The minimum absolute atomic E-state index is 0.173. The molecule has 0 spiro atoms. The van der Waals surface area contributed by atoms with Gasteiger partial charge in [-0.15, -0.1) is 0 Å². The van der Waals surface area contributed by atoms with Crippen LogP contribution in [0.1, 0.15) is 55.5 Å². The second-order valence-electron chi connectivity index (χ2n) is 5.35. The first kappa shape index (κ1) is 14.5. The molecule has 1 heterocycles. The minimum Gasteiger partial charge on any atom is -0.339 e. The summed E-state index contributed by atoms with van der Waals surface area (Å²) in [5.41, 5.74) is 5.78. The number of rotatable bonds is 4. The van der Waals surface area contributed by atoms with Gasteiger partial charge in [0.1, 0.15) is 5.25 Å². The molecule has 2 rings (SSSR count). The zero-order valence-electron chi connectivity index (χ0n) is 11.4. The number of sulfone groups is 1. The van der Waals surface area contributed by atoms with E-state index >= 15 is 0 Å². The van der Waals surface area contributed by atoms with Gasteiger partial charge in [-0.05, 0) is 32.2 Å². The highest BCUT2D eigenvalue weighted by atomic mass is 32.2. The normalized spacial score (nSPS) is 26.3. The Kier molecular flexibility index (Phi) is 4.25. The summed E-state index contributed by atoms with van der Waals surface area (Å²) in [4.78, 5) is 4.29. The standard InChI is InChI=1S/C12H21N3O3S/c1-8(19(2,16)17)11-14-12(18-15-11)10-6-4-3-5-9(10)7-13/h8-10H,3-7,13H2,1-2H3. The maximum absolute atomic E-state index is 11.5. The maximum atomic E-state index is 11.5. The van der Waals surface area contributed by atoms with Gasteiger partial charge in [0.2, 0.25) is 5.89 Å². The average molecular weight is 287 g/mol. The molecule has 108 valence electrons. The van der Waals surface area contributed by atoms with Crippen molar-refractivity contribution in [2.24, 2.45) is 11.7 Å². The third kappa shape index (κ3) is 3.14. The Morgan fingerprint density at radius 3 is 2.74 bits per heavy atom. The van der Waals surface area contributed by atoms with Crippen LogP contribution in [0.3, 0.4) is 0 Å². The van der Waals surface area contributed by atoms with E-state index in [4.69, 9.17) is 10.3 Å². The summed E-state index contributed by atoms with van der Waals surface area (Å²) in [5.74, 6) is 1.32. The van der Waals surface area contributed by atoms with E-state index in [1.54, 1.807) is 6.92 Å². The smallest absolute Gasteiger partial charge is 0.230 e. The van der Waals surface area contributed by atoms with Gasteiger partial charge in [0.15, 0.2) is 15.7 Å². The highest BCUT2D eigenvalue weighted by Crippen LogP contribution is 2.36. The fraction of sp³-hybridized carbons (Fsp3) is 0.833. The first-order valence-electron chi connectivity index (χ1n) is 6.66. The van der Waals surface area contributed by atoms with Crippen LogP contribution in [0.2, 0.25) is 0 Å². The van der Waals surface area contributed by atoms with Gasteiger partial charge in [0.25, 0.3) is 0 Å². The van der Waals surface area contributed by atoms with Gasteiger partial charge in [-0.2, -0.15) is 4.98 Å². The summed E-state index contributed by atoms with van der Waals surface area (Å²) in [6.45, 7) is 2.18. The molecule has 1 aliphatic rings. The van der Waals surface area contributed by atoms with E-state index in [2.05, 4.69) is 10.1 Å². The van der Waals surface area contributed by atoms with E-state index in [-0.39, 0.29) is 11.7 Å². The molecule has 3 atom stereocenters. The van der Waals surface area contributed by atoms with Gasteiger partial charge in [0, 0.05) is 12.2 Å². The van der Waals surface area contributed by atoms with E-state index < -0.39 is 15.1 Å². The van der Waals surface area contributed by atoms with Crippen molar-refractivity contribution in [3.63, 3.8) is 0 Å². The lowest BCUT2D eigenvalue weighted by Gasteiger charge is -2.27. The van der Waals surface area contributed by atoms with Gasteiger partial charge in [-0.3, -0.25) is 0 Å². The van der Waals surface area contributed by atoms with Gasteiger partial charge in [0.05, 0.1) is 0 Å². The molecule has 0 bridgehead atoms. The Morgan fingerprint density at radius 2 is 2.11 bits per heavy atom. The number of hydrogen-bond donors (Lipinski definition) is 1. The van der Waals surface area contributed by atoms with Crippen LogP contribution in [0.15, 0.2) is 4.52 Å². The lowest BCUT2D eigenvalue weighted by molar-refractivity contribution is 0.249. The van der Waals surface area contributed by atoms with Crippen LogP contribution < -0.4 is 5.73 Å². The van der Waals surface area contributed by atoms with Gasteiger partial charge in [-0.25, -0.2) is 8.42 Å². The van der Waals surface area contributed by atoms with E-state index in [0.717, 1.165) is 19.3 Å². The summed E-state index contributed by atoms with van der Waals surface area (Å²) in [5, 5.41) is 3.09. The molecule has 6 nitrogen and oxygen atoms in total. The van der Waals surface area contributed by atoms with E-state index in [1.165, 1.54) is 12.7 Å². The highest BCUT2D eigenvalue weighted by Gasteiger charge is 2.31. The SMILES string of the molecule is CC(c1noc(C2CCCCC2CN)n1)S(C)(=O)=O. The Balaban J connectivity index is 2.20. The summed E-state index contributed by atoms with van der Waals surface area (Å²) in [6.07, 6.45) is 5.54. The number of nitrogens with two attached hydrogens (primary N) is 1. The zero-order chi connectivity index (χ0) is 14.0. The fourth-order valence-electron chi connectivity index (χ4n) is 2.57. The molecule has 1 aliphatic carbocycles. The van der Waals surface area contributed by atoms with Crippen molar-refractivity contribution in [3.05, 3.63) is 11.7 Å². The Hall–Kier alpha value is -0.950. The second-order valence-corrected chi connectivity index (χ2v) is 7.72. The van der Waals surface area contributed by atoms with Crippen LogP contribution in [0.5, 0.6) is 0 Å². The van der Waals surface area contributed by atoms with Crippen LogP contribution in [0.4, 0.5) is 0 Å². The van der Waals surface area contributed by atoms with Crippen molar-refractivity contribution in [1.82, 2.24) is 10.1 Å². The van der Waals surface area contributed by atoms with Gasteiger partial charge < -0.3 is 10.3 Å². The average Bonchev–Trinajstić information content (AvgIpc) is 2.86. The molecule has 0 aliphatic heterocycles. The molecule has 0 aromatic carbocycles. The Morgan fingerprint density at radius 1 is 1.42 bits per heavy atom. The summed E-state index contributed by atoms with van der Waals surface area (Å²) in [7, 11) is -3.20. The summed E-state index contributed by atoms with van der Waals surface area (Å²) in [6, 6.07) is 0. The fourth-order valence-corrected chi connectivity index (χ4v) is 3.05. The summed E-state index contributed by atoms with van der Waals surface area (Å²) < 4.78 is 28.3. The van der Waals surface area contributed by atoms with Crippen molar-refractivity contribution in [1.29, 1.82) is 0 Å². The third-order valence-electron chi connectivity index (χ3n) is 3.99. The largest absolute Gasteiger partial charge is 0.339 e. The minimum atomic E-state index is -3.20. The topological polar surface area (TPSA) is 99.1 Å². The van der Waals surface area contributed by atoms with Crippen molar-refractivity contribution in [2.45, 2.75) is 43.8 Å². The van der Waals surface area contributed by atoms with Crippen molar-refractivity contribution >= 4 is 9.84 Å². The number of hydrogen-bond acceptors (Lipinski definition) is 6. The van der Waals surface area contributed by atoms with Gasteiger partial charge in [-0.1, -0.05) is 18.0 Å². The molecule has 7 heteroatoms. The van der Waals surface area contributed by atoms with Crippen molar-refractivity contribution < 1.29 is 12.9 Å². The van der Waals surface area contributed by atoms with Crippen molar-refractivity contribution in [2.75, 3.05) is 12.8 Å². The Bertz CT molecular complexity index is 526. The van der Waals surface area contributed by atoms with Crippen LogP contribution in [0, 0.1) is 5.92 Å². The lowest BCUT2D eigenvalue weighted by atomic mass is 9.79. The number of nitrogens with zero attached hydrogens (tertiary/aromatic N) is 2. The summed E-state index contributed by atoms with van der Waals surface area (Å²) >= 11 is 0. The number of aromatic nitrogens is 2. The second kappa shape index (κ2) is 5.58. The first-order chi connectivity index (χ1) is 8.93. The van der Waals surface area contributed by atoms with Crippen LogP contribution in [0.25, 0.3) is 0 Å². The molecule has 1 saturated carbocycles. The van der Waals surface area contributed by atoms with E-state index in [9.17, 15) is 8.42 Å². The quantitative estimate of drug-likeness (QED) is 0.898. The maximum Gasteiger partial charge on any atom is 0.230 e. The molecular formula is C12H21N3O3S. The molecule has 0 saturated heterocycles. The third-order valence-corrected chi connectivity index (χ3v) is 5.49. The predicted molar refractivity (Wildman–Crippen MR) is 71.3 cm³/mol. The predicted octanol–water partition coefficient (Wildman–Crippen LogP) is 1.41. The first-order valence-corrected chi connectivity index (χ1v) is 8.61. The van der Waals surface area contributed by atoms with Crippen LogP contribution in [-0.4, -0.2) is 31.4 Å². The highest BCUT2D eigenvalue weighted by molar-refractivity contribution is 7.90. The van der Waals surface area contributed by atoms with Crippen molar-refractivity contribution in [3.8, 4) is 0 Å². The molecule has 1 aromatic heterocycles. The monoisotopic (exact) mass is 287 g/mol. The molecule has 19 heavy (non-hydrogen) atoms. The molecule has 0 radical (unpaired) electrons. The van der Waals surface area contributed by atoms with Crippen LogP contribution >= 0.6 is 0 Å². The molecule has 3 unspecified atom stereocenters.